The molecule has 1 saturated heterocycles. The van der Waals surface area contributed by atoms with Gasteiger partial charge in [0.2, 0.25) is 0 Å². The minimum Gasteiger partial charge on any atom is -0.387 e. The molecule has 1 aliphatic rings. The van der Waals surface area contributed by atoms with E-state index in [2.05, 4.69) is 10.1 Å². The normalized spacial score (nSPS) is 31.2. The Hall–Kier alpha value is -1.43. The Morgan fingerprint density at radius 3 is 2.95 bits per heavy atom. The van der Waals surface area contributed by atoms with Crippen LogP contribution < -0.4 is 0 Å². The maximum Gasteiger partial charge on any atom is 0.504 e. The van der Waals surface area contributed by atoms with E-state index in [-0.39, 0.29) is 12.4 Å². The first-order valence-corrected chi connectivity index (χ1v) is 7.02. The fourth-order valence-corrected chi connectivity index (χ4v) is 2.07. The van der Waals surface area contributed by atoms with Crippen LogP contribution in [0.25, 0.3) is 0 Å². The van der Waals surface area contributed by atoms with Gasteiger partial charge in [0.25, 0.3) is 5.82 Å². The minimum atomic E-state index is -1.82. The lowest BCUT2D eigenvalue weighted by Gasteiger charge is -2.13. The summed E-state index contributed by atoms with van der Waals surface area (Å²) >= 11 is 0. The molecule has 19 heavy (non-hydrogen) atoms. The lowest BCUT2D eigenvalue weighted by molar-refractivity contribution is -0.0548. The summed E-state index contributed by atoms with van der Waals surface area (Å²) in [6.45, 7) is 1.27. The van der Waals surface area contributed by atoms with Crippen molar-refractivity contribution in [2.75, 3.05) is 13.3 Å². The van der Waals surface area contributed by atoms with E-state index < -0.39 is 32.6 Å². The summed E-state index contributed by atoms with van der Waals surface area (Å²) in [6.07, 6.45) is -3.00. The van der Waals surface area contributed by atoms with Crippen LogP contribution >= 0.6 is 8.03 Å². The van der Waals surface area contributed by atoms with Gasteiger partial charge in [-0.1, -0.05) is 0 Å². The molecule has 0 spiro atoms. The molecule has 10 heteroatoms. The number of nitrogens with zero attached hydrogens (tertiary/aromatic N) is 4. The Balaban J connectivity index is 2.07. The van der Waals surface area contributed by atoms with Crippen molar-refractivity contribution < 1.29 is 24.0 Å². The number of ether oxygens (including phenoxy) is 1. The highest BCUT2D eigenvalue weighted by molar-refractivity contribution is 7.38. The van der Waals surface area contributed by atoms with E-state index in [0.717, 1.165) is 4.68 Å². The van der Waals surface area contributed by atoms with E-state index in [9.17, 15) is 14.8 Å². The maximum absolute atomic E-state index is 10.8. The van der Waals surface area contributed by atoms with E-state index >= 15 is 0 Å². The Morgan fingerprint density at radius 2 is 2.37 bits per heavy atom. The summed E-state index contributed by atoms with van der Waals surface area (Å²) in [5.74, 6) is -0.0679. The van der Waals surface area contributed by atoms with Gasteiger partial charge in [-0.3, -0.25) is 0 Å². The Bertz CT molecular complexity index is 515. The molecule has 1 aromatic heterocycles. The molecule has 0 radical (unpaired) electrons. The number of aliphatic hydroxyl groups is 2. The molecular weight excluding hydrogens is 275 g/mol. The highest BCUT2D eigenvalue weighted by Gasteiger charge is 2.45. The Morgan fingerprint density at radius 1 is 1.63 bits per heavy atom. The van der Waals surface area contributed by atoms with Gasteiger partial charge in [0.05, 0.1) is 0 Å². The van der Waals surface area contributed by atoms with Crippen molar-refractivity contribution >= 4 is 8.03 Å². The molecule has 9 nitrogen and oxygen atoms in total. The predicted octanol–water partition coefficient (Wildman–Crippen LogP) is -0.842. The van der Waals surface area contributed by atoms with Crippen LogP contribution in [0.1, 0.15) is 12.1 Å². The van der Waals surface area contributed by atoms with Gasteiger partial charge in [-0.15, -0.1) is 9.62 Å². The number of aromatic nitrogens is 3. The zero-order valence-electron chi connectivity index (χ0n) is 9.95. The van der Waals surface area contributed by atoms with Crippen molar-refractivity contribution in [1.82, 2.24) is 14.8 Å². The van der Waals surface area contributed by atoms with Crippen LogP contribution in [0.3, 0.4) is 0 Å². The molecule has 1 fully saturated rings. The SMILES string of the molecule is C[P+](=O)OC[C@H]1O[C@@H](n2cnc(C#N)n2)[C@H](O)[C@@H]1O. The van der Waals surface area contributed by atoms with Gasteiger partial charge in [0.1, 0.15) is 37.3 Å². The quantitative estimate of drug-likeness (QED) is 0.685. The van der Waals surface area contributed by atoms with Gasteiger partial charge >= 0.3 is 8.03 Å². The van der Waals surface area contributed by atoms with Crippen molar-refractivity contribution in [3.05, 3.63) is 12.2 Å². The average molecular weight is 287 g/mol. The van der Waals surface area contributed by atoms with Crippen molar-refractivity contribution in [2.24, 2.45) is 0 Å². The number of nitriles is 1. The monoisotopic (exact) mass is 287 g/mol. The Kier molecular flexibility index (Phi) is 4.19. The molecule has 2 heterocycles. The first kappa shape index (κ1) is 14.0. The average Bonchev–Trinajstić information content (AvgIpc) is 2.95. The number of aliphatic hydroxyl groups excluding tert-OH is 2. The maximum atomic E-state index is 10.8. The van der Waals surface area contributed by atoms with Gasteiger partial charge in [0.15, 0.2) is 12.9 Å². The molecule has 0 bridgehead atoms. The Labute approximate surface area is 109 Å². The van der Waals surface area contributed by atoms with Gasteiger partial charge in [0, 0.05) is 0 Å². The molecule has 0 amide bonds. The summed E-state index contributed by atoms with van der Waals surface area (Å²) in [4.78, 5) is 3.68. The third-order valence-electron chi connectivity index (χ3n) is 2.63. The van der Waals surface area contributed by atoms with Crippen molar-refractivity contribution in [3.63, 3.8) is 0 Å². The van der Waals surface area contributed by atoms with Crippen LogP contribution in [0.2, 0.25) is 0 Å². The van der Waals surface area contributed by atoms with E-state index in [1.165, 1.54) is 13.0 Å². The molecule has 1 aromatic rings. The van der Waals surface area contributed by atoms with Crippen molar-refractivity contribution in [2.45, 2.75) is 24.5 Å². The van der Waals surface area contributed by atoms with Crippen LogP contribution in [0.15, 0.2) is 6.33 Å². The molecule has 102 valence electrons. The third kappa shape index (κ3) is 2.94. The largest absolute Gasteiger partial charge is 0.504 e. The van der Waals surface area contributed by atoms with E-state index in [4.69, 9.17) is 14.5 Å². The smallest absolute Gasteiger partial charge is 0.387 e. The molecule has 0 aliphatic carbocycles. The highest BCUT2D eigenvalue weighted by atomic mass is 31.1. The first-order valence-electron chi connectivity index (χ1n) is 5.39. The highest BCUT2D eigenvalue weighted by Crippen LogP contribution is 2.30. The first-order chi connectivity index (χ1) is 9.02. The van der Waals surface area contributed by atoms with E-state index in [0.29, 0.717) is 0 Å². The predicted molar refractivity (Wildman–Crippen MR) is 60.1 cm³/mol. The second kappa shape index (κ2) is 5.69. The number of rotatable bonds is 4. The number of hydrogen-bond donors (Lipinski definition) is 2. The molecule has 2 rings (SSSR count). The summed E-state index contributed by atoms with van der Waals surface area (Å²) in [6, 6.07) is 1.74. The molecular formula is C9H12N4O5P+. The van der Waals surface area contributed by atoms with E-state index in [1.54, 1.807) is 6.07 Å². The third-order valence-corrected chi connectivity index (χ3v) is 3.14. The fourth-order valence-electron chi connectivity index (χ4n) is 1.71. The summed E-state index contributed by atoms with van der Waals surface area (Å²) in [7, 11) is -1.82. The lowest BCUT2D eigenvalue weighted by atomic mass is 10.1. The van der Waals surface area contributed by atoms with Gasteiger partial charge in [-0.2, -0.15) is 5.26 Å². The van der Waals surface area contributed by atoms with Gasteiger partial charge in [-0.25, -0.2) is 9.67 Å². The van der Waals surface area contributed by atoms with Crippen molar-refractivity contribution in [3.8, 4) is 6.07 Å². The molecule has 0 aromatic carbocycles. The molecule has 5 atom stereocenters. The van der Waals surface area contributed by atoms with Crippen molar-refractivity contribution in [1.29, 1.82) is 5.26 Å². The van der Waals surface area contributed by atoms with E-state index in [1.807, 2.05) is 0 Å². The standard InChI is InChI=1S/C9H12N4O5P/c1-19(16)17-3-5-7(14)8(15)9(18-5)13-4-11-6(2-10)12-13/h4-5,7-9,14-15H,3H2,1H3/q+1/t5-,7-,8-,9-/m1/s1. The second-order valence-corrected chi connectivity index (χ2v) is 5.08. The lowest BCUT2D eigenvalue weighted by Crippen LogP contribution is -2.33. The summed E-state index contributed by atoms with van der Waals surface area (Å²) in [5, 5.41) is 32.0. The zero-order valence-corrected chi connectivity index (χ0v) is 10.8. The van der Waals surface area contributed by atoms with Crippen LogP contribution in [-0.4, -0.2) is 56.6 Å². The molecule has 1 unspecified atom stereocenters. The summed E-state index contributed by atoms with van der Waals surface area (Å²) < 4.78 is 22.2. The number of hydrogen-bond acceptors (Lipinski definition) is 8. The second-order valence-electron chi connectivity index (χ2n) is 3.94. The van der Waals surface area contributed by atoms with Crippen LogP contribution in [-0.2, 0) is 13.8 Å². The topological polar surface area (TPSA) is 130 Å². The van der Waals surface area contributed by atoms with Crippen LogP contribution in [0, 0.1) is 11.3 Å². The van der Waals surface area contributed by atoms with Gasteiger partial charge < -0.3 is 14.9 Å². The fraction of sp³-hybridized carbons (Fsp3) is 0.667. The van der Waals surface area contributed by atoms with Gasteiger partial charge in [-0.05, 0) is 4.57 Å². The minimum absolute atomic E-state index is 0.0679. The molecule has 2 N–H and O–H groups in total. The molecule has 0 saturated carbocycles. The van der Waals surface area contributed by atoms with Crippen LogP contribution in [0.4, 0.5) is 0 Å². The summed E-state index contributed by atoms with van der Waals surface area (Å²) in [5.41, 5.74) is 0. The molecule has 1 aliphatic heterocycles. The van der Waals surface area contributed by atoms with Crippen LogP contribution in [0.5, 0.6) is 0 Å². The zero-order chi connectivity index (χ0) is 14.0.